The van der Waals surface area contributed by atoms with Crippen LogP contribution in [0.1, 0.15) is 18.0 Å². The predicted molar refractivity (Wildman–Crippen MR) is 77.7 cm³/mol. The average Bonchev–Trinajstić information content (AvgIpc) is 3.17. The second kappa shape index (κ2) is 4.59. The Bertz CT molecular complexity index is 722. The summed E-state index contributed by atoms with van der Waals surface area (Å²) in [5.41, 5.74) is 3.11. The number of rotatable bonds is 2. The van der Waals surface area contributed by atoms with Crippen molar-refractivity contribution >= 4 is 16.9 Å². The van der Waals surface area contributed by atoms with Gasteiger partial charge in [0.25, 0.3) is 0 Å². The first kappa shape index (κ1) is 11.4. The molecule has 0 bridgehead atoms. The number of nitrogens with zero attached hydrogens (tertiary/aromatic N) is 4. The molecule has 1 aromatic carbocycles. The topological polar surface area (TPSA) is 57.7 Å². The van der Waals surface area contributed by atoms with Crippen molar-refractivity contribution in [2.24, 2.45) is 0 Å². The summed E-state index contributed by atoms with van der Waals surface area (Å²) in [5.74, 6) is 1.47. The summed E-state index contributed by atoms with van der Waals surface area (Å²) in [7, 11) is 0. The number of hydrogen-bond acceptors (Lipinski definition) is 4. The largest absolute Gasteiger partial charge is 0.355 e. The van der Waals surface area contributed by atoms with Crippen LogP contribution in [0.5, 0.6) is 0 Å². The van der Waals surface area contributed by atoms with Crippen molar-refractivity contribution in [3.8, 4) is 0 Å². The molecule has 100 valence electrons. The molecule has 1 aliphatic heterocycles. The van der Waals surface area contributed by atoms with Gasteiger partial charge in [-0.15, -0.1) is 0 Å². The van der Waals surface area contributed by atoms with Gasteiger partial charge in [-0.2, -0.15) is 5.10 Å². The minimum atomic E-state index is 0.505. The molecule has 0 amide bonds. The molecule has 1 aliphatic rings. The zero-order valence-corrected chi connectivity index (χ0v) is 11.0. The summed E-state index contributed by atoms with van der Waals surface area (Å²) in [5, 5.41) is 7.10. The molecule has 1 fully saturated rings. The van der Waals surface area contributed by atoms with Gasteiger partial charge in [-0.05, 0) is 24.6 Å². The highest BCUT2D eigenvalue weighted by Crippen LogP contribution is 2.28. The molecule has 0 radical (unpaired) electrons. The smallest absolute Gasteiger partial charge is 0.147 e. The quantitative estimate of drug-likeness (QED) is 0.772. The summed E-state index contributed by atoms with van der Waals surface area (Å²) in [4.78, 5) is 11.5. The zero-order chi connectivity index (χ0) is 13.4. The molecule has 0 aliphatic carbocycles. The Labute approximate surface area is 116 Å². The van der Waals surface area contributed by atoms with Crippen molar-refractivity contribution in [3.05, 3.63) is 48.4 Å². The van der Waals surface area contributed by atoms with Gasteiger partial charge in [-0.25, -0.2) is 4.98 Å². The van der Waals surface area contributed by atoms with E-state index < -0.39 is 0 Å². The maximum absolute atomic E-state index is 4.71. The number of benzene rings is 1. The van der Waals surface area contributed by atoms with Gasteiger partial charge in [0.1, 0.15) is 5.82 Å². The summed E-state index contributed by atoms with van der Waals surface area (Å²) >= 11 is 0. The molecule has 20 heavy (non-hydrogen) atoms. The van der Waals surface area contributed by atoms with Gasteiger partial charge in [0.05, 0.1) is 17.2 Å². The van der Waals surface area contributed by atoms with E-state index in [-0.39, 0.29) is 0 Å². The fourth-order valence-corrected chi connectivity index (χ4v) is 2.82. The van der Waals surface area contributed by atoms with Crippen LogP contribution >= 0.6 is 0 Å². The number of nitrogens with one attached hydrogen (secondary N) is 1. The number of aromatic nitrogens is 4. The van der Waals surface area contributed by atoms with Crippen LogP contribution < -0.4 is 4.90 Å². The van der Waals surface area contributed by atoms with Crippen LogP contribution in [0.2, 0.25) is 0 Å². The number of hydrogen-bond donors (Lipinski definition) is 1. The Balaban J connectivity index is 1.61. The molecule has 2 aromatic heterocycles. The van der Waals surface area contributed by atoms with Crippen molar-refractivity contribution in [3.63, 3.8) is 0 Å². The van der Waals surface area contributed by atoms with Crippen LogP contribution in [0.25, 0.3) is 11.0 Å². The van der Waals surface area contributed by atoms with E-state index in [0.717, 1.165) is 36.4 Å². The molecule has 3 aromatic rings. The van der Waals surface area contributed by atoms with Gasteiger partial charge in [0.2, 0.25) is 0 Å². The lowest BCUT2D eigenvalue weighted by Crippen LogP contribution is -2.20. The lowest BCUT2D eigenvalue weighted by molar-refractivity contribution is 0.737. The number of H-pyrrole nitrogens is 1. The summed E-state index contributed by atoms with van der Waals surface area (Å²) in [6, 6.07) is 10.0. The lowest BCUT2D eigenvalue weighted by atomic mass is 10.1. The van der Waals surface area contributed by atoms with Gasteiger partial charge in [0, 0.05) is 30.9 Å². The standard InChI is InChI=1S/C15H15N5/c1-2-4-14-13(3-1)16-9-15(18-14)20-8-6-11(10-20)12-5-7-17-19-12/h1-5,7,9,11H,6,8,10H2,(H,17,19). The molecular weight excluding hydrogens is 250 g/mol. The molecule has 1 atom stereocenters. The Morgan fingerprint density at radius 3 is 2.90 bits per heavy atom. The fourth-order valence-electron chi connectivity index (χ4n) is 2.82. The van der Waals surface area contributed by atoms with E-state index in [1.165, 1.54) is 5.69 Å². The van der Waals surface area contributed by atoms with Crippen LogP contribution in [-0.4, -0.2) is 33.3 Å². The minimum Gasteiger partial charge on any atom is -0.355 e. The Morgan fingerprint density at radius 2 is 2.05 bits per heavy atom. The average molecular weight is 265 g/mol. The van der Waals surface area contributed by atoms with Crippen molar-refractivity contribution in [2.45, 2.75) is 12.3 Å². The van der Waals surface area contributed by atoms with Crippen LogP contribution in [0.4, 0.5) is 5.82 Å². The van der Waals surface area contributed by atoms with Crippen LogP contribution in [0, 0.1) is 0 Å². The fraction of sp³-hybridized carbons (Fsp3) is 0.267. The number of aromatic amines is 1. The Kier molecular flexibility index (Phi) is 2.62. The minimum absolute atomic E-state index is 0.505. The van der Waals surface area contributed by atoms with E-state index >= 15 is 0 Å². The highest BCUT2D eigenvalue weighted by atomic mass is 15.2. The maximum Gasteiger partial charge on any atom is 0.147 e. The van der Waals surface area contributed by atoms with Crippen molar-refractivity contribution in [1.82, 2.24) is 20.2 Å². The molecule has 0 saturated carbocycles. The van der Waals surface area contributed by atoms with Crippen molar-refractivity contribution < 1.29 is 0 Å². The molecule has 5 nitrogen and oxygen atoms in total. The highest BCUT2D eigenvalue weighted by Gasteiger charge is 2.25. The van der Waals surface area contributed by atoms with Gasteiger partial charge in [-0.1, -0.05) is 12.1 Å². The summed E-state index contributed by atoms with van der Waals surface area (Å²) in [6.07, 6.45) is 4.81. The van der Waals surface area contributed by atoms with E-state index in [0.29, 0.717) is 5.92 Å². The Morgan fingerprint density at radius 1 is 1.15 bits per heavy atom. The third-order valence-electron chi connectivity index (χ3n) is 3.91. The number of para-hydroxylation sites is 2. The molecule has 0 spiro atoms. The van der Waals surface area contributed by atoms with Gasteiger partial charge in [-0.3, -0.25) is 10.1 Å². The van der Waals surface area contributed by atoms with E-state index in [4.69, 9.17) is 4.98 Å². The van der Waals surface area contributed by atoms with Gasteiger partial charge >= 0.3 is 0 Å². The molecule has 1 saturated heterocycles. The van der Waals surface area contributed by atoms with Crippen molar-refractivity contribution in [2.75, 3.05) is 18.0 Å². The molecule has 1 unspecified atom stereocenters. The monoisotopic (exact) mass is 265 g/mol. The van der Waals surface area contributed by atoms with E-state index in [2.05, 4.69) is 26.1 Å². The van der Waals surface area contributed by atoms with Crippen LogP contribution in [0.15, 0.2) is 42.7 Å². The maximum atomic E-state index is 4.71. The molecule has 4 rings (SSSR count). The van der Waals surface area contributed by atoms with E-state index in [1.54, 1.807) is 0 Å². The number of fused-ring (bicyclic) bond motifs is 1. The molecule has 5 heteroatoms. The van der Waals surface area contributed by atoms with Crippen LogP contribution in [0.3, 0.4) is 0 Å². The molecular formula is C15H15N5. The Hall–Kier alpha value is -2.43. The van der Waals surface area contributed by atoms with Crippen LogP contribution in [-0.2, 0) is 0 Å². The van der Waals surface area contributed by atoms with Gasteiger partial charge in [0.15, 0.2) is 0 Å². The summed E-state index contributed by atoms with van der Waals surface area (Å²) < 4.78 is 0. The third kappa shape index (κ3) is 1.91. The zero-order valence-electron chi connectivity index (χ0n) is 11.0. The second-order valence-electron chi connectivity index (χ2n) is 5.16. The van der Waals surface area contributed by atoms with E-state index in [9.17, 15) is 0 Å². The third-order valence-corrected chi connectivity index (χ3v) is 3.91. The first-order valence-electron chi connectivity index (χ1n) is 6.86. The molecule has 1 N–H and O–H groups in total. The van der Waals surface area contributed by atoms with Gasteiger partial charge < -0.3 is 4.90 Å². The second-order valence-corrected chi connectivity index (χ2v) is 5.16. The van der Waals surface area contributed by atoms with E-state index in [1.807, 2.05) is 36.7 Å². The SMILES string of the molecule is c1ccc2nc(N3CCC(c4ccn[nH]4)C3)cnc2c1. The van der Waals surface area contributed by atoms with Crippen molar-refractivity contribution in [1.29, 1.82) is 0 Å². The summed E-state index contributed by atoms with van der Waals surface area (Å²) in [6.45, 7) is 1.98. The number of anilines is 1. The molecule has 3 heterocycles. The highest BCUT2D eigenvalue weighted by molar-refractivity contribution is 5.75. The lowest BCUT2D eigenvalue weighted by Gasteiger charge is -2.17. The predicted octanol–water partition coefficient (Wildman–Crippen LogP) is 2.35. The normalized spacial score (nSPS) is 18.8. The first-order valence-corrected chi connectivity index (χ1v) is 6.86. The first-order chi connectivity index (χ1) is 9.90.